The fraction of sp³-hybridized carbons (Fsp3) is 0.417. The Balaban J connectivity index is 2.21. The van der Waals surface area contributed by atoms with Crippen LogP contribution in [0.5, 0.6) is 0 Å². The second-order valence-corrected chi connectivity index (χ2v) is 5.73. The van der Waals surface area contributed by atoms with Gasteiger partial charge in [0, 0.05) is 16.7 Å². The average molecular weight is 282 g/mol. The van der Waals surface area contributed by atoms with Crippen molar-refractivity contribution in [3.8, 4) is 10.7 Å². The van der Waals surface area contributed by atoms with Crippen LogP contribution in [0.25, 0.3) is 10.7 Å². The van der Waals surface area contributed by atoms with Crippen LogP contribution in [0.3, 0.4) is 0 Å². The third-order valence-corrected chi connectivity index (χ3v) is 4.23. The maximum absolute atomic E-state index is 11.5. The minimum absolute atomic E-state index is 0.357. The average Bonchev–Trinajstić information content (AvgIpc) is 2.98. The Labute approximate surface area is 114 Å². The van der Waals surface area contributed by atoms with E-state index in [9.17, 15) is 4.79 Å². The van der Waals surface area contributed by atoms with E-state index in [0.29, 0.717) is 18.2 Å². The topological polar surface area (TPSA) is 52.1 Å². The highest BCUT2D eigenvalue weighted by Crippen LogP contribution is 2.28. The summed E-state index contributed by atoms with van der Waals surface area (Å²) >= 11 is 3.03. The predicted molar refractivity (Wildman–Crippen MR) is 73.3 cm³/mol. The van der Waals surface area contributed by atoms with Crippen LogP contribution in [-0.4, -0.2) is 22.5 Å². The summed E-state index contributed by atoms with van der Waals surface area (Å²) in [6, 6.07) is 0. The van der Waals surface area contributed by atoms with Crippen LogP contribution in [0.15, 0.2) is 10.8 Å². The van der Waals surface area contributed by atoms with Crippen molar-refractivity contribution in [1.29, 1.82) is 0 Å². The Morgan fingerprint density at radius 1 is 1.33 bits per heavy atom. The summed E-state index contributed by atoms with van der Waals surface area (Å²) in [6.07, 6.45) is 0. The standard InChI is InChI=1S/C12H14N2O2S2/c1-4-16-12(15)9-6-18-11(14-9)8-5-17-10(13-8)7(2)3/h5-7H,4H2,1-3H3. The lowest BCUT2D eigenvalue weighted by molar-refractivity contribution is 0.0520. The van der Waals surface area contributed by atoms with Gasteiger partial charge < -0.3 is 4.74 Å². The van der Waals surface area contributed by atoms with Gasteiger partial charge in [-0.3, -0.25) is 0 Å². The van der Waals surface area contributed by atoms with Crippen LogP contribution >= 0.6 is 22.7 Å². The highest BCUT2D eigenvalue weighted by molar-refractivity contribution is 7.14. The Kier molecular flexibility index (Phi) is 4.08. The zero-order valence-corrected chi connectivity index (χ0v) is 12.1. The molecule has 18 heavy (non-hydrogen) atoms. The molecule has 4 nitrogen and oxygen atoms in total. The highest BCUT2D eigenvalue weighted by Gasteiger charge is 2.15. The summed E-state index contributed by atoms with van der Waals surface area (Å²) in [7, 11) is 0. The fourth-order valence-corrected chi connectivity index (χ4v) is 2.98. The molecular weight excluding hydrogens is 268 g/mol. The molecule has 0 radical (unpaired) electrons. The molecule has 6 heteroatoms. The first-order valence-electron chi connectivity index (χ1n) is 5.70. The molecule has 0 atom stereocenters. The number of rotatable bonds is 4. The number of hydrogen-bond donors (Lipinski definition) is 0. The molecule has 2 rings (SSSR count). The Hall–Kier alpha value is -1.27. The van der Waals surface area contributed by atoms with E-state index in [-0.39, 0.29) is 5.97 Å². The summed E-state index contributed by atoms with van der Waals surface area (Å²) in [5.41, 5.74) is 1.19. The van der Waals surface area contributed by atoms with Gasteiger partial charge in [-0.15, -0.1) is 22.7 Å². The van der Waals surface area contributed by atoms with Crippen LogP contribution in [-0.2, 0) is 4.74 Å². The largest absolute Gasteiger partial charge is 0.461 e. The van der Waals surface area contributed by atoms with Gasteiger partial charge in [0.15, 0.2) is 5.69 Å². The predicted octanol–water partition coefficient (Wildman–Crippen LogP) is 3.57. The number of nitrogens with zero attached hydrogens (tertiary/aromatic N) is 2. The molecule has 0 spiro atoms. The van der Waals surface area contributed by atoms with Gasteiger partial charge >= 0.3 is 5.97 Å². The molecule has 0 amide bonds. The van der Waals surface area contributed by atoms with Crippen molar-refractivity contribution < 1.29 is 9.53 Å². The first-order valence-corrected chi connectivity index (χ1v) is 7.46. The van der Waals surface area contributed by atoms with Gasteiger partial charge in [-0.1, -0.05) is 13.8 Å². The Bertz CT molecular complexity index is 546. The number of aromatic nitrogens is 2. The fourth-order valence-electron chi connectivity index (χ4n) is 1.34. The summed E-state index contributed by atoms with van der Waals surface area (Å²) in [5, 5.41) is 5.53. The smallest absolute Gasteiger partial charge is 0.357 e. The van der Waals surface area contributed by atoms with Gasteiger partial charge in [-0.05, 0) is 6.92 Å². The minimum Gasteiger partial charge on any atom is -0.461 e. The zero-order chi connectivity index (χ0) is 13.1. The number of carbonyl (C=O) groups is 1. The monoisotopic (exact) mass is 282 g/mol. The molecule has 0 aliphatic rings. The lowest BCUT2D eigenvalue weighted by Gasteiger charge is -1.96. The number of hydrogen-bond acceptors (Lipinski definition) is 6. The van der Waals surface area contributed by atoms with Gasteiger partial charge in [-0.2, -0.15) is 0 Å². The van der Waals surface area contributed by atoms with Crippen LogP contribution in [0, 0.1) is 0 Å². The van der Waals surface area contributed by atoms with Crippen molar-refractivity contribution in [3.05, 3.63) is 21.5 Å². The molecule has 0 unspecified atom stereocenters. The van der Waals surface area contributed by atoms with Crippen molar-refractivity contribution in [2.24, 2.45) is 0 Å². The zero-order valence-electron chi connectivity index (χ0n) is 10.5. The Morgan fingerprint density at radius 2 is 2.11 bits per heavy atom. The first-order chi connectivity index (χ1) is 8.61. The van der Waals surface area contributed by atoms with Crippen LogP contribution in [0.2, 0.25) is 0 Å². The second kappa shape index (κ2) is 5.58. The SMILES string of the molecule is CCOC(=O)c1csc(-c2csc(C(C)C)n2)n1. The highest BCUT2D eigenvalue weighted by atomic mass is 32.1. The number of ether oxygens (including phenoxy) is 1. The molecule has 0 saturated carbocycles. The van der Waals surface area contributed by atoms with E-state index >= 15 is 0 Å². The molecule has 0 fully saturated rings. The van der Waals surface area contributed by atoms with E-state index in [0.717, 1.165) is 15.7 Å². The van der Waals surface area contributed by atoms with Gasteiger partial charge in [0.1, 0.15) is 10.7 Å². The van der Waals surface area contributed by atoms with Gasteiger partial charge in [0.25, 0.3) is 0 Å². The maximum atomic E-state index is 11.5. The number of thiazole rings is 2. The first kappa shape index (κ1) is 13.2. The molecule has 0 N–H and O–H groups in total. The summed E-state index contributed by atoms with van der Waals surface area (Å²) in [4.78, 5) is 20.3. The van der Waals surface area contributed by atoms with Crippen molar-refractivity contribution in [2.45, 2.75) is 26.7 Å². The normalized spacial score (nSPS) is 10.9. The van der Waals surface area contributed by atoms with E-state index in [1.54, 1.807) is 23.6 Å². The van der Waals surface area contributed by atoms with Crippen LogP contribution < -0.4 is 0 Å². The van der Waals surface area contributed by atoms with Gasteiger partial charge in [0.2, 0.25) is 0 Å². The summed E-state index contributed by atoms with van der Waals surface area (Å²) < 4.78 is 4.91. The molecule has 0 aliphatic heterocycles. The van der Waals surface area contributed by atoms with Crippen molar-refractivity contribution in [3.63, 3.8) is 0 Å². The molecule has 0 aromatic carbocycles. The van der Waals surface area contributed by atoms with E-state index in [1.165, 1.54) is 11.3 Å². The number of carbonyl (C=O) groups excluding carboxylic acids is 1. The quantitative estimate of drug-likeness (QED) is 0.804. The lowest BCUT2D eigenvalue weighted by Crippen LogP contribution is -2.04. The lowest BCUT2D eigenvalue weighted by atomic mass is 10.2. The van der Waals surface area contributed by atoms with E-state index in [2.05, 4.69) is 23.8 Å². The van der Waals surface area contributed by atoms with Crippen LogP contribution in [0.1, 0.15) is 42.2 Å². The third kappa shape index (κ3) is 2.76. The van der Waals surface area contributed by atoms with E-state index < -0.39 is 0 Å². The molecule has 2 aromatic rings. The van der Waals surface area contributed by atoms with E-state index in [1.807, 2.05) is 5.38 Å². The van der Waals surface area contributed by atoms with Crippen molar-refractivity contribution in [1.82, 2.24) is 9.97 Å². The molecule has 96 valence electrons. The van der Waals surface area contributed by atoms with E-state index in [4.69, 9.17) is 4.74 Å². The maximum Gasteiger partial charge on any atom is 0.357 e. The summed E-state index contributed by atoms with van der Waals surface area (Å²) in [6.45, 7) is 6.35. The van der Waals surface area contributed by atoms with Gasteiger partial charge in [0.05, 0.1) is 11.6 Å². The molecule has 0 saturated heterocycles. The second-order valence-electron chi connectivity index (χ2n) is 3.98. The Morgan fingerprint density at radius 3 is 2.72 bits per heavy atom. The van der Waals surface area contributed by atoms with Crippen molar-refractivity contribution >= 4 is 28.6 Å². The molecule has 2 aromatic heterocycles. The molecule has 2 heterocycles. The minimum atomic E-state index is -0.376. The third-order valence-electron chi connectivity index (χ3n) is 2.22. The molecule has 0 bridgehead atoms. The summed E-state index contributed by atoms with van der Waals surface area (Å²) in [5.74, 6) is 0.0348. The molecule has 0 aliphatic carbocycles. The van der Waals surface area contributed by atoms with Crippen LogP contribution in [0.4, 0.5) is 0 Å². The number of esters is 1. The van der Waals surface area contributed by atoms with Crippen molar-refractivity contribution in [2.75, 3.05) is 6.61 Å². The molecular formula is C12H14N2O2S2. The van der Waals surface area contributed by atoms with Gasteiger partial charge in [-0.25, -0.2) is 14.8 Å².